The van der Waals surface area contributed by atoms with E-state index in [1.807, 2.05) is 13.1 Å². The zero-order valence-corrected chi connectivity index (χ0v) is 13.3. The van der Waals surface area contributed by atoms with Gasteiger partial charge in [-0.2, -0.15) is 5.10 Å². The number of nitro benzene ring substituents is 1. The van der Waals surface area contributed by atoms with Crippen molar-refractivity contribution in [3.8, 4) is 0 Å². The number of hydrogen-bond acceptors (Lipinski definition) is 4. The van der Waals surface area contributed by atoms with Gasteiger partial charge in [-0.05, 0) is 44.0 Å². The number of nitrogens with zero attached hydrogens (tertiary/aromatic N) is 2. The average Bonchev–Trinajstić information content (AvgIpc) is 2.84. The largest absolute Gasteiger partial charge is 0.312 e. The summed E-state index contributed by atoms with van der Waals surface area (Å²) in [4.78, 5) is 10.6. The Labute approximate surface area is 131 Å². The molecular formula is C14H17BrN4O2. The maximum absolute atomic E-state index is 11.0. The van der Waals surface area contributed by atoms with E-state index in [0.717, 1.165) is 29.6 Å². The zero-order valence-electron chi connectivity index (χ0n) is 11.7. The predicted molar refractivity (Wildman–Crippen MR) is 84.1 cm³/mol. The first-order chi connectivity index (χ1) is 10.1. The summed E-state index contributed by atoms with van der Waals surface area (Å²) < 4.78 is 0.846. The maximum atomic E-state index is 11.0. The van der Waals surface area contributed by atoms with E-state index in [1.54, 1.807) is 12.1 Å². The molecule has 0 radical (unpaired) electrons. The molecule has 1 aromatic heterocycles. The Bertz CT molecular complexity index is 627. The van der Waals surface area contributed by atoms with Crippen molar-refractivity contribution in [1.82, 2.24) is 15.5 Å². The van der Waals surface area contributed by atoms with Crippen molar-refractivity contribution in [2.24, 2.45) is 0 Å². The first-order valence-electron chi connectivity index (χ1n) is 6.70. The Kier molecular flexibility index (Phi) is 5.46. The van der Waals surface area contributed by atoms with Crippen LogP contribution in [-0.4, -0.2) is 21.7 Å². The van der Waals surface area contributed by atoms with Crippen LogP contribution < -0.4 is 5.32 Å². The minimum Gasteiger partial charge on any atom is -0.312 e. The van der Waals surface area contributed by atoms with Gasteiger partial charge in [-0.25, -0.2) is 0 Å². The van der Waals surface area contributed by atoms with E-state index < -0.39 is 0 Å². The second-order valence-corrected chi connectivity index (χ2v) is 5.75. The molecule has 0 aliphatic carbocycles. The normalized spacial score (nSPS) is 10.8. The number of H-pyrrole nitrogens is 1. The lowest BCUT2D eigenvalue weighted by molar-refractivity contribution is -0.385. The van der Waals surface area contributed by atoms with Crippen LogP contribution in [0.4, 0.5) is 5.69 Å². The summed E-state index contributed by atoms with van der Waals surface area (Å²) in [5, 5.41) is 21.1. The van der Waals surface area contributed by atoms with Crippen molar-refractivity contribution in [2.75, 3.05) is 6.54 Å². The molecule has 2 N–H and O–H groups in total. The lowest BCUT2D eigenvalue weighted by Gasteiger charge is -2.06. The smallest absolute Gasteiger partial charge is 0.273 e. The molecule has 112 valence electrons. The third-order valence-corrected chi connectivity index (χ3v) is 3.78. The number of benzene rings is 1. The lowest BCUT2D eigenvalue weighted by Crippen LogP contribution is -2.16. The zero-order chi connectivity index (χ0) is 15.2. The molecule has 2 rings (SSSR count). The Morgan fingerprint density at radius 3 is 2.90 bits per heavy atom. The first-order valence-corrected chi connectivity index (χ1v) is 7.49. The molecule has 0 atom stereocenters. The summed E-state index contributed by atoms with van der Waals surface area (Å²) in [5.41, 5.74) is 3.15. The number of halogens is 1. The second kappa shape index (κ2) is 7.33. The van der Waals surface area contributed by atoms with Crippen LogP contribution in [0.15, 0.2) is 28.9 Å². The molecule has 0 saturated carbocycles. The van der Waals surface area contributed by atoms with Crippen LogP contribution in [0.2, 0.25) is 0 Å². The summed E-state index contributed by atoms with van der Waals surface area (Å²) in [5.74, 6) is 0. The Balaban J connectivity index is 1.82. The number of nitrogens with one attached hydrogen (secondary N) is 2. The summed E-state index contributed by atoms with van der Waals surface area (Å²) in [6, 6.07) is 4.99. The van der Waals surface area contributed by atoms with E-state index in [0.29, 0.717) is 12.1 Å². The quantitative estimate of drug-likeness (QED) is 0.455. The molecule has 1 heterocycles. The Morgan fingerprint density at radius 1 is 1.43 bits per heavy atom. The molecule has 0 amide bonds. The highest BCUT2D eigenvalue weighted by Crippen LogP contribution is 2.22. The maximum Gasteiger partial charge on any atom is 0.273 e. The van der Waals surface area contributed by atoms with Crippen LogP contribution in [0.5, 0.6) is 0 Å². The monoisotopic (exact) mass is 352 g/mol. The minimum absolute atomic E-state index is 0.149. The van der Waals surface area contributed by atoms with Crippen molar-refractivity contribution in [3.63, 3.8) is 0 Å². The highest BCUT2D eigenvalue weighted by molar-refractivity contribution is 9.10. The molecule has 0 aliphatic rings. The van der Waals surface area contributed by atoms with E-state index in [2.05, 4.69) is 31.4 Å². The fourth-order valence-electron chi connectivity index (χ4n) is 2.13. The van der Waals surface area contributed by atoms with Gasteiger partial charge in [0.1, 0.15) is 0 Å². The molecule has 21 heavy (non-hydrogen) atoms. The molecule has 0 fully saturated rings. The van der Waals surface area contributed by atoms with Gasteiger partial charge in [-0.1, -0.05) is 15.9 Å². The SMILES string of the molecule is Cc1[nH]ncc1CCCNCc1cc(Br)ccc1[N+](=O)[O-]. The second-order valence-electron chi connectivity index (χ2n) is 4.83. The van der Waals surface area contributed by atoms with Gasteiger partial charge in [0.2, 0.25) is 0 Å². The fourth-order valence-corrected chi connectivity index (χ4v) is 2.54. The number of hydrogen-bond donors (Lipinski definition) is 2. The van der Waals surface area contributed by atoms with Crippen molar-refractivity contribution < 1.29 is 4.92 Å². The third kappa shape index (κ3) is 4.37. The van der Waals surface area contributed by atoms with Gasteiger partial charge in [0.05, 0.1) is 11.1 Å². The minimum atomic E-state index is -0.349. The predicted octanol–water partition coefficient (Wildman–Crippen LogP) is 3.11. The van der Waals surface area contributed by atoms with Gasteiger partial charge >= 0.3 is 0 Å². The standard InChI is InChI=1S/C14H17BrN4O2/c1-10-11(9-17-18-10)3-2-6-16-8-12-7-13(15)4-5-14(12)19(20)21/h4-5,7,9,16H,2-3,6,8H2,1H3,(H,17,18). The Hall–Kier alpha value is -1.73. The van der Waals surface area contributed by atoms with Gasteiger partial charge in [0.25, 0.3) is 5.69 Å². The third-order valence-electron chi connectivity index (χ3n) is 3.29. The fraction of sp³-hybridized carbons (Fsp3) is 0.357. The summed E-state index contributed by atoms with van der Waals surface area (Å²) in [6.07, 6.45) is 3.74. The molecule has 0 spiro atoms. The van der Waals surface area contributed by atoms with Gasteiger partial charge in [-0.3, -0.25) is 15.2 Å². The number of nitro groups is 1. The van der Waals surface area contributed by atoms with Crippen molar-refractivity contribution in [3.05, 3.63) is 55.8 Å². The van der Waals surface area contributed by atoms with Crippen LogP contribution in [0, 0.1) is 17.0 Å². The molecule has 2 aromatic rings. The molecule has 7 heteroatoms. The van der Waals surface area contributed by atoms with Crippen molar-refractivity contribution >= 4 is 21.6 Å². The lowest BCUT2D eigenvalue weighted by atomic mass is 10.1. The highest BCUT2D eigenvalue weighted by Gasteiger charge is 2.13. The molecule has 0 saturated heterocycles. The number of aryl methyl sites for hydroxylation is 2. The molecule has 0 aliphatic heterocycles. The summed E-state index contributed by atoms with van der Waals surface area (Å²) >= 11 is 3.34. The van der Waals surface area contributed by atoms with Crippen LogP contribution in [0.25, 0.3) is 0 Å². The van der Waals surface area contributed by atoms with E-state index in [1.165, 1.54) is 11.6 Å². The van der Waals surface area contributed by atoms with Crippen LogP contribution >= 0.6 is 15.9 Å². The van der Waals surface area contributed by atoms with Crippen molar-refractivity contribution in [2.45, 2.75) is 26.3 Å². The van der Waals surface area contributed by atoms with E-state index >= 15 is 0 Å². The number of rotatable bonds is 7. The topological polar surface area (TPSA) is 83.8 Å². The van der Waals surface area contributed by atoms with Gasteiger partial charge in [-0.15, -0.1) is 0 Å². The van der Waals surface area contributed by atoms with Gasteiger partial charge in [0.15, 0.2) is 0 Å². The van der Waals surface area contributed by atoms with Gasteiger partial charge < -0.3 is 5.32 Å². The summed E-state index contributed by atoms with van der Waals surface area (Å²) in [6.45, 7) is 3.29. The molecule has 1 aromatic carbocycles. The number of aromatic nitrogens is 2. The molecular weight excluding hydrogens is 336 g/mol. The van der Waals surface area contributed by atoms with Crippen LogP contribution in [0.1, 0.15) is 23.2 Å². The molecule has 0 bridgehead atoms. The average molecular weight is 353 g/mol. The number of aromatic amines is 1. The Morgan fingerprint density at radius 2 is 2.24 bits per heavy atom. The van der Waals surface area contributed by atoms with Crippen molar-refractivity contribution in [1.29, 1.82) is 0 Å². The molecule has 6 nitrogen and oxygen atoms in total. The summed E-state index contributed by atoms with van der Waals surface area (Å²) in [7, 11) is 0. The van der Waals surface area contributed by atoms with E-state index in [9.17, 15) is 10.1 Å². The van der Waals surface area contributed by atoms with Crippen LogP contribution in [-0.2, 0) is 13.0 Å². The van der Waals surface area contributed by atoms with E-state index in [4.69, 9.17) is 0 Å². The van der Waals surface area contributed by atoms with Gasteiger partial charge in [0, 0.05) is 28.3 Å². The molecule has 0 unspecified atom stereocenters. The first kappa shape index (κ1) is 15.7. The van der Waals surface area contributed by atoms with E-state index in [-0.39, 0.29) is 10.6 Å². The van der Waals surface area contributed by atoms with Crippen LogP contribution in [0.3, 0.4) is 0 Å². The highest BCUT2D eigenvalue weighted by atomic mass is 79.9.